The van der Waals surface area contributed by atoms with E-state index in [-0.39, 0.29) is 34.7 Å². The van der Waals surface area contributed by atoms with Gasteiger partial charge >= 0.3 is 0 Å². The van der Waals surface area contributed by atoms with Gasteiger partial charge in [-0.1, -0.05) is 18.6 Å². The largest absolute Gasteiger partial charge is 0.396 e. The summed E-state index contributed by atoms with van der Waals surface area (Å²) in [7, 11) is -3.47. The van der Waals surface area contributed by atoms with Gasteiger partial charge in [-0.2, -0.15) is 0 Å². The summed E-state index contributed by atoms with van der Waals surface area (Å²) >= 11 is 0. The van der Waals surface area contributed by atoms with Crippen LogP contribution in [0.4, 0.5) is 8.78 Å². The quantitative estimate of drug-likeness (QED) is 0.875. The number of halogens is 2. The predicted octanol–water partition coefficient (Wildman–Crippen LogP) is 3.81. The highest BCUT2D eigenvalue weighted by molar-refractivity contribution is 7.91. The second-order valence-corrected chi connectivity index (χ2v) is 8.60. The van der Waals surface area contributed by atoms with Gasteiger partial charge in [0.15, 0.2) is 9.84 Å². The molecular formula is C19H20F2O3S. The Bertz CT molecular complexity index is 847. The molecule has 0 radical (unpaired) electrons. The molecule has 2 atom stereocenters. The van der Waals surface area contributed by atoms with E-state index in [1.54, 1.807) is 0 Å². The van der Waals surface area contributed by atoms with E-state index in [2.05, 4.69) is 0 Å². The summed E-state index contributed by atoms with van der Waals surface area (Å²) in [4.78, 5) is 0.183. The molecule has 6 heteroatoms. The van der Waals surface area contributed by atoms with Gasteiger partial charge in [0.05, 0.1) is 10.6 Å². The van der Waals surface area contributed by atoms with Crippen molar-refractivity contribution in [1.29, 1.82) is 0 Å². The van der Waals surface area contributed by atoms with E-state index in [9.17, 15) is 22.3 Å². The molecule has 134 valence electrons. The van der Waals surface area contributed by atoms with Crippen LogP contribution < -0.4 is 0 Å². The first-order valence-corrected chi connectivity index (χ1v) is 9.95. The number of rotatable bonds is 5. The highest BCUT2D eigenvalue weighted by Crippen LogP contribution is 2.34. The van der Waals surface area contributed by atoms with Crippen molar-refractivity contribution in [2.75, 3.05) is 12.4 Å². The molecule has 0 aromatic heterocycles. The fourth-order valence-corrected chi connectivity index (χ4v) is 5.26. The minimum atomic E-state index is -3.47. The van der Waals surface area contributed by atoms with Gasteiger partial charge in [0.1, 0.15) is 11.6 Å². The van der Waals surface area contributed by atoms with Crippen LogP contribution in [0.25, 0.3) is 11.1 Å². The number of aliphatic hydroxyl groups excluding tert-OH is 1. The Hall–Kier alpha value is -1.79. The van der Waals surface area contributed by atoms with Gasteiger partial charge in [-0.3, -0.25) is 0 Å². The SMILES string of the molecule is O=S(=O)(CC1CCCC1CO)c1ccc(-c2ccc(F)cc2F)cc1. The maximum Gasteiger partial charge on any atom is 0.178 e. The lowest BCUT2D eigenvalue weighted by Crippen LogP contribution is -2.22. The third-order valence-corrected chi connectivity index (χ3v) is 6.80. The van der Waals surface area contributed by atoms with E-state index >= 15 is 0 Å². The van der Waals surface area contributed by atoms with Gasteiger partial charge in [-0.05, 0) is 54.5 Å². The van der Waals surface area contributed by atoms with Gasteiger partial charge < -0.3 is 5.11 Å². The zero-order chi connectivity index (χ0) is 18.0. The molecule has 2 unspecified atom stereocenters. The molecule has 1 aliphatic rings. The first-order valence-electron chi connectivity index (χ1n) is 8.30. The van der Waals surface area contributed by atoms with Crippen LogP contribution in [-0.2, 0) is 9.84 Å². The van der Waals surface area contributed by atoms with E-state index in [4.69, 9.17) is 0 Å². The van der Waals surface area contributed by atoms with Crippen molar-refractivity contribution in [1.82, 2.24) is 0 Å². The summed E-state index contributed by atoms with van der Waals surface area (Å²) in [5, 5.41) is 9.35. The van der Waals surface area contributed by atoms with Gasteiger partial charge in [0.2, 0.25) is 0 Å². The molecule has 0 amide bonds. The van der Waals surface area contributed by atoms with Crippen LogP contribution >= 0.6 is 0 Å². The highest BCUT2D eigenvalue weighted by atomic mass is 32.2. The molecule has 0 aliphatic heterocycles. The van der Waals surface area contributed by atoms with Crippen LogP contribution in [0.15, 0.2) is 47.4 Å². The molecular weight excluding hydrogens is 346 g/mol. The summed E-state index contributed by atoms with van der Waals surface area (Å²) < 4.78 is 52.0. The molecule has 0 bridgehead atoms. The van der Waals surface area contributed by atoms with Crippen LogP contribution in [0.1, 0.15) is 19.3 Å². The molecule has 0 heterocycles. The lowest BCUT2D eigenvalue weighted by atomic mass is 9.99. The Morgan fingerprint density at radius 1 is 1.00 bits per heavy atom. The second kappa shape index (κ2) is 7.22. The first-order chi connectivity index (χ1) is 11.9. The number of benzene rings is 2. The van der Waals surface area contributed by atoms with Crippen molar-refractivity contribution in [3.8, 4) is 11.1 Å². The third kappa shape index (κ3) is 3.90. The standard InChI is InChI=1S/C19H20F2O3S/c20-16-6-9-18(19(21)10-16)13-4-7-17(8-5-13)25(23,24)12-15-3-1-2-14(15)11-22/h4-10,14-15,22H,1-3,11-12H2. The van der Waals surface area contributed by atoms with Crippen LogP contribution in [0.3, 0.4) is 0 Å². The molecule has 2 aromatic rings. The summed E-state index contributed by atoms with van der Waals surface area (Å²) in [6.45, 7) is 0.0168. The Morgan fingerprint density at radius 2 is 1.68 bits per heavy atom. The topological polar surface area (TPSA) is 54.4 Å². The van der Waals surface area contributed by atoms with Crippen molar-refractivity contribution in [3.05, 3.63) is 54.1 Å². The monoisotopic (exact) mass is 366 g/mol. The molecule has 1 aliphatic carbocycles. The first kappa shape index (κ1) is 18.0. The lowest BCUT2D eigenvalue weighted by molar-refractivity contribution is 0.202. The minimum Gasteiger partial charge on any atom is -0.396 e. The minimum absolute atomic E-state index is 0.0164. The molecule has 3 rings (SSSR count). The molecule has 1 saturated carbocycles. The molecule has 2 aromatic carbocycles. The van der Waals surface area contributed by atoms with Gasteiger partial charge in [0, 0.05) is 18.2 Å². The number of sulfone groups is 1. The molecule has 0 spiro atoms. The van der Waals surface area contributed by atoms with Gasteiger partial charge in [-0.25, -0.2) is 17.2 Å². The summed E-state index contributed by atoms with van der Waals surface area (Å²) in [6, 6.07) is 9.27. The van der Waals surface area contributed by atoms with E-state index in [0.717, 1.165) is 31.4 Å². The molecule has 1 fully saturated rings. The van der Waals surface area contributed by atoms with Crippen molar-refractivity contribution in [3.63, 3.8) is 0 Å². The number of hydrogen-bond donors (Lipinski definition) is 1. The van der Waals surface area contributed by atoms with Crippen molar-refractivity contribution >= 4 is 9.84 Å². The molecule has 1 N–H and O–H groups in total. The number of aliphatic hydroxyl groups is 1. The fourth-order valence-electron chi connectivity index (χ4n) is 3.52. The Labute approximate surface area is 146 Å². The maximum atomic E-state index is 13.8. The molecule has 25 heavy (non-hydrogen) atoms. The van der Waals surface area contributed by atoms with E-state index < -0.39 is 21.5 Å². The van der Waals surface area contributed by atoms with Crippen molar-refractivity contribution in [2.24, 2.45) is 11.8 Å². The smallest absolute Gasteiger partial charge is 0.178 e. The van der Waals surface area contributed by atoms with E-state index in [1.165, 1.54) is 30.3 Å². The number of hydrogen-bond acceptors (Lipinski definition) is 3. The van der Waals surface area contributed by atoms with Crippen LogP contribution in [0.2, 0.25) is 0 Å². The Morgan fingerprint density at radius 3 is 2.32 bits per heavy atom. The average Bonchev–Trinajstić information content (AvgIpc) is 3.01. The lowest BCUT2D eigenvalue weighted by Gasteiger charge is -2.17. The van der Waals surface area contributed by atoms with E-state index in [0.29, 0.717) is 5.56 Å². The Balaban J connectivity index is 1.81. The molecule has 3 nitrogen and oxygen atoms in total. The van der Waals surface area contributed by atoms with Gasteiger partial charge in [-0.15, -0.1) is 0 Å². The average molecular weight is 366 g/mol. The molecule has 0 saturated heterocycles. The van der Waals surface area contributed by atoms with Crippen LogP contribution in [-0.4, -0.2) is 25.9 Å². The fraction of sp³-hybridized carbons (Fsp3) is 0.368. The highest BCUT2D eigenvalue weighted by Gasteiger charge is 2.31. The second-order valence-electron chi connectivity index (χ2n) is 6.56. The van der Waals surface area contributed by atoms with E-state index in [1.807, 2.05) is 0 Å². The zero-order valence-corrected chi connectivity index (χ0v) is 14.5. The van der Waals surface area contributed by atoms with Crippen LogP contribution in [0, 0.1) is 23.5 Å². The van der Waals surface area contributed by atoms with Crippen molar-refractivity contribution < 1.29 is 22.3 Å². The van der Waals surface area contributed by atoms with Gasteiger partial charge in [0.25, 0.3) is 0 Å². The normalized spacial score (nSPS) is 20.8. The predicted molar refractivity (Wildman–Crippen MR) is 91.8 cm³/mol. The summed E-state index contributed by atoms with van der Waals surface area (Å²) in [5.74, 6) is -1.31. The summed E-state index contributed by atoms with van der Waals surface area (Å²) in [6.07, 6.45) is 2.61. The third-order valence-electron chi connectivity index (χ3n) is 4.94. The maximum absolute atomic E-state index is 13.8. The van der Waals surface area contributed by atoms with Crippen molar-refractivity contribution in [2.45, 2.75) is 24.2 Å². The van der Waals surface area contributed by atoms with Crippen LogP contribution in [0.5, 0.6) is 0 Å². The summed E-state index contributed by atoms with van der Waals surface area (Å²) in [5.41, 5.74) is 0.715. The Kier molecular flexibility index (Phi) is 5.20. The zero-order valence-electron chi connectivity index (χ0n) is 13.7.